The van der Waals surface area contributed by atoms with Crippen LogP contribution in [0.15, 0.2) is 121 Å². The van der Waals surface area contributed by atoms with Gasteiger partial charge in [0.05, 0.1) is 15.7 Å². The van der Waals surface area contributed by atoms with Crippen LogP contribution in [0.5, 0.6) is 0 Å². The van der Waals surface area contributed by atoms with E-state index in [2.05, 4.69) is 4.72 Å². The summed E-state index contributed by atoms with van der Waals surface area (Å²) < 4.78 is 61.5. The molecule has 0 saturated carbocycles. The second-order valence-corrected chi connectivity index (χ2v) is 18.3. The SMILES string of the molecule is CC(C)[C@H](NS(=O)C(C)(C)C)P1(=O)OC(c2ccccc2)(c2ccccc2)[C@@H]2OC(C)(C)O[C@H]2C(c2ccccc2)(c2ccccc2)O1. The number of hydrogen-bond acceptors (Lipinski definition) is 6. The lowest BCUT2D eigenvalue weighted by Crippen LogP contribution is -2.53. The fraction of sp³-hybridized carbons (Fsp3) is 0.385. The molecule has 0 aliphatic carbocycles. The summed E-state index contributed by atoms with van der Waals surface area (Å²) in [4.78, 5) is 0. The van der Waals surface area contributed by atoms with Crippen molar-refractivity contribution in [2.24, 2.45) is 5.92 Å². The molecule has 4 atom stereocenters. The second-order valence-electron chi connectivity index (χ2n) is 14.3. The largest absolute Gasteiger partial charge is 0.351 e. The van der Waals surface area contributed by atoms with Crippen LogP contribution in [-0.4, -0.2) is 32.7 Å². The van der Waals surface area contributed by atoms with Crippen molar-refractivity contribution in [3.8, 4) is 0 Å². The lowest BCUT2D eigenvalue weighted by atomic mass is 9.72. The minimum absolute atomic E-state index is 0.327. The Morgan fingerprint density at radius 3 is 1.23 bits per heavy atom. The molecule has 9 heteroatoms. The van der Waals surface area contributed by atoms with Gasteiger partial charge in [-0.3, -0.25) is 13.6 Å². The molecule has 0 spiro atoms. The zero-order valence-corrected chi connectivity index (χ0v) is 30.4. The molecule has 0 amide bonds. The first-order chi connectivity index (χ1) is 22.7. The van der Waals surface area contributed by atoms with Gasteiger partial charge in [-0.2, -0.15) is 0 Å². The van der Waals surface area contributed by atoms with Crippen LogP contribution in [0.4, 0.5) is 0 Å². The van der Waals surface area contributed by atoms with E-state index in [1.807, 2.05) is 170 Å². The first-order valence-corrected chi connectivity index (χ1v) is 19.3. The summed E-state index contributed by atoms with van der Waals surface area (Å²) in [6, 6.07) is 38.9. The third-order valence-electron chi connectivity index (χ3n) is 9.01. The Labute approximate surface area is 287 Å². The maximum absolute atomic E-state index is 16.4. The van der Waals surface area contributed by atoms with Crippen LogP contribution in [0.25, 0.3) is 0 Å². The van der Waals surface area contributed by atoms with Gasteiger partial charge in [0.1, 0.15) is 18.0 Å². The molecular formula is C39H46NO6PS. The number of ether oxygens (including phenoxy) is 2. The van der Waals surface area contributed by atoms with E-state index in [4.69, 9.17) is 18.5 Å². The molecule has 0 aromatic heterocycles. The van der Waals surface area contributed by atoms with Crippen LogP contribution in [0.3, 0.4) is 0 Å². The summed E-state index contributed by atoms with van der Waals surface area (Å²) in [6.07, 6.45) is -1.73. The lowest BCUT2D eigenvalue weighted by molar-refractivity contribution is -0.176. The molecule has 2 aliphatic heterocycles. The smallest absolute Gasteiger partial charge is 0.341 e. The fourth-order valence-electron chi connectivity index (χ4n) is 6.79. The van der Waals surface area contributed by atoms with Crippen molar-refractivity contribution in [2.45, 2.75) is 88.2 Å². The monoisotopic (exact) mass is 687 g/mol. The van der Waals surface area contributed by atoms with Crippen molar-refractivity contribution in [3.63, 3.8) is 0 Å². The Morgan fingerprint density at radius 1 is 0.646 bits per heavy atom. The third kappa shape index (κ3) is 6.18. The lowest BCUT2D eigenvalue weighted by Gasteiger charge is -2.42. The molecule has 254 valence electrons. The molecule has 4 aromatic carbocycles. The molecule has 6 rings (SSSR count). The van der Waals surface area contributed by atoms with Gasteiger partial charge in [-0.05, 0) is 62.8 Å². The number of benzene rings is 4. The van der Waals surface area contributed by atoms with Crippen molar-refractivity contribution >= 4 is 18.6 Å². The van der Waals surface area contributed by atoms with Gasteiger partial charge < -0.3 is 9.47 Å². The molecule has 2 heterocycles. The molecule has 48 heavy (non-hydrogen) atoms. The van der Waals surface area contributed by atoms with E-state index >= 15 is 4.57 Å². The van der Waals surface area contributed by atoms with Crippen LogP contribution in [0, 0.1) is 5.92 Å². The molecule has 1 unspecified atom stereocenters. The Morgan fingerprint density at radius 2 is 0.958 bits per heavy atom. The third-order valence-corrected chi connectivity index (χ3v) is 13.3. The van der Waals surface area contributed by atoms with Gasteiger partial charge in [-0.25, -0.2) is 8.93 Å². The van der Waals surface area contributed by atoms with Gasteiger partial charge >= 0.3 is 7.60 Å². The van der Waals surface area contributed by atoms with E-state index in [1.165, 1.54) is 0 Å². The first kappa shape index (κ1) is 34.9. The maximum Gasteiger partial charge on any atom is 0.351 e. The van der Waals surface area contributed by atoms with Gasteiger partial charge in [0.2, 0.25) is 0 Å². The zero-order chi connectivity index (χ0) is 34.4. The molecule has 2 fully saturated rings. The van der Waals surface area contributed by atoms with Gasteiger partial charge in [0.25, 0.3) is 0 Å². The highest BCUT2D eigenvalue weighted by Crippen LogP contribution is 2.70. The summed E-state index contributed by atoms with van der Waals surface area (Å²) in [7, 11) is -6.02. The van der Waals surface area contributed by atoms with E-state index in [9.17, 15) is 4.21 Å². The molecular weight excluding hydrogens is 641 g/mol. The molecule has 0 radical (unpaired) electrons. The average molecular weight is 688 g/mol. The van der Waals surface area contributed by atoms with E-state index in [1.54, 1.807) is 0 Å². The summed E-state index contributed by atoms with van der Waals surface area (Å²) in [5, 5.41) is 0. The Bertz CT molecular complexity index is 1580. The van der Waals surface area contributed by atoms with Crippen molar-refractivity contribution in [1.29, 1.82) is 0 Å². The number of fused-ring (bicyclic) bond motifs is 1. The molecule has 1 N–H and O–H groups in total. The predicted molar refractivity (Wildman–Crippen MR) is 191 cm³/mol. The van der Waals surface area contributed by atoms with Crippen molar-refractivity contribution in [2.75, 3.05) is 0 Å². The highest BCUT2D eigenvalue weighted by molar-refractivity contribution is 7.84. The maximum atomic E-state index is 16.4. The Kier molecular flexibility index (Phi) is 9.50. The van der Waals surface area contributed by atoms with Crippen molar-refractivity contribution < 1.29 is 27.3 Å². The summed E-state index contributed by atoms with van der Waals surface area (Å²) >= 11 is 0. The highest BCUT2D eigenvalue weighted by Gasteiger charge is 2.70. The molecule has 7 nitrogen and oxygen atoms in total. The quantitative estimate of drug-likeness (QED) is 0.187. The number of nitrogens with one attached hydrogen (secondary N) is 1. The highest BCUT2D eigenvalue weighted by atomic mass is 32.2. The molecule has 2 saturated heterocycles. The van der Waals surface area contributed by atoms with Gasteiger partial charge in [-0.15, -0.1) is 0 Å². The van der Waals surface area contributed by atoms with Crippen LogP contribution < -0.4 is 4.72 Å². The van der Waals surface area contributed by atoms with Crippen molar-refractivity contribution in [1.82, 2.24) is 4.72 Å². The van der Waals surface area contributed by atoms with E-state index in [-0.39, 0.29) is 5.92 Å². The normalized spacial score (nSPS) is 23.9. The average Bonchev–Trinajstić information content (AvgIpc) is 3.37. The fourth-order valence-corrected chi connectivity index (χ4v) is 10.9. The predicted octanol–water partition coefficient (Wildman–Crippen LogP) is 8.67. The van der Waals surface area contributed by atoms with Crippen LogP contribution >= 0.6 is 7.60 Å². The second kappa shape index (κ2) is 13.1. The molecule has 0 bridgehead atoms. The Balaban J connectivity index is 1.76. The minimum Gasteiger partial charge on any atom is -0.341 e. The van der Waals surface area contributed by atoms with Gasteiger partial charge in [0.15, 0.2) is 17.0 Å². The van der Waals surface area contributed by atoms with Crippen LogP contribution in [0.1, 0.15) is 70.7 Å². The number of hydrogen-bond donors (Lipinski definition) is 1. The van der Waals surface area contributed by atoms with E-state index in [0.717, 1.165) is 22.3 Å². The first-order valence-electron chi connectivity index (χ1n) is 16.5. The van der Waals surface area contributed by atoms with Crippen LogP contribution in [-0.2, 0) is 45.3 Å². The van der Waals surface area contributed by atoms with Gasteiger partial charge in [0, 0.05) is 0 Å². The van der Waals surface area contributed by atoms with E-state index < -0.39 is 58.3 Å². The van der Waals surface area contributed by atoms with Crippen LogP contribution in [0.2, 0.25) is 0 Å². The zero-order valence-electron chi connectivity index (χ0n) is 28.7. The van der Waals surface area contributed by atoms with Gasteiger partial charge in [-0.1, -0.05) is 135 Å². The summed E-state index contributed by atoms with van der Waals surface area (Å²) in [5.41, 5.74) is -0.0551. The van der Waals surface area contributed by atoms with E-state index in [0.29, 0.717) is 0 Å². The minimum atomic E-state index is -4.41. The summed E-state index contributed by atoms with van der Waals surface area (Å²) in [5.74, 6) is -2.38. The molecule has 2 aliphatic rings. The van der Waals surface area contributed by atoms with Crippen molar-refractivity contribution in [3.05, 3.63) is 144 Å². The topological polar surface area (TPSA) is 83.1 Å². The number of rotatable bonds is 8. The molecule has 4 aromatic rings. The standard InChI is InChI=1S/C39H46NO6PS/c1-28(2)35(40-48(42)36(3,4)5)47(41)45-38(29-20-12-8-13-21-29,30-22-14-9-15-23-30)33-34(44-37(6,7)43-33)39(46-47,31-24-16-10-17-25-31)32-26-18-11-19-27-32/h8-28,33-35,40H,1-7H3/t33-,34-,35-,48?/m1/s1. The summed E-state index contributed by atoms with van der Waals surface area (Å²) in [6.45, 7) is 13.3. The Hall–Kier alpha value is -2.94.